The molecule has 1 heterocycles. The fourth-order valence-corrected chi connectivity index (χ4v) is 4.27. The molecule has 1 aromatic carbocycles. The number of anilines is 2. The summed E-state index contributed by atoms with van der Waals surface area (Å²) in [7, 11) is 0. The second-order valence-electron chi connectivity index (χ2n) is 8.67. The topological polar surface area (TPSA) is 58.6 Å². The maximum Gasteiger partial charge on any atom is 0.412 e. The van der Waals surface area contributed by atoms with Crippen LogP contribution in [-0.2, 0) is 14.9 Å². The lowest BCUT2D eigenvalue weighted by Gasteiger charge is -2.23. The van der Waals surface area contributed by atoms with E-state index >= 15 is 0 Å². The van der Waals surface area contributed by atoms with Gasteiger partial charge in [0, 0.05) is 12.1 Å². The lowest BCUT2D eigenvalue weighted by Crippen LogP contribution is -2.39. The first kappa shape index (κ1) is 17.3. The predicted molar refractivity (Wildman–Crippen MR) is 96.9 cm³/mol. The average Bonchev–Trinajstić information content (AvgIpc) is 3.18. The molecule has 5 nitrogen and oxygen atoms in total. The summed E-state index contributed by atoms with van der Waals surface area (Å²) in [5.41, 5.74) is 0.416. The number of nitrogens with zero attached hydrogens (tertiary/aromatic N) is 1. The number of halogens is 1. The van der Waals surface area contributed by atoms with Crippen LogP contribution in [0.15, 0.2) is 12.1 Å². The summed E-state index contributed by atoms with van der Waals surface area (Å²) in [4.78, 5) is 27.1. The van der Waals surface area contributed by atoms with E-state index in [4.69, 9.17) is 4.74 Å². The molecule has 0 atom stereocenters. The van der Waals surface area contributed by atoms with Crippen molar-refractivity contribution >= 4 is 23.4 Å². The van der Waals surface area contributed by atoms with Crippen molar-refractivity contribution in [2.24, 2.45) is 0 Å². The molecule has 0 saturated heterocycles. The zero-order valence-electron chi connectivity index (χ0n) is 15.5. The summed E-state index contributed by atoms with van der Waals surface area (Å²) in [6.07, 6.45) is 4.83. The summed E-state index contributed by atoms with van der Waals surface area (Å²) in [5, 5.41) is 2.51. The van der Waals surface area contributed by atoms with Gasteiger partial charge in [0.15, 0.2) is 0 Å². The molecule has 1 aliphatic heterocycles. The van der Waals surface area contributed by atoms with Gasteiger partial charge in [-0.05, 0) is 58.1 Å². The van der Waals surface area contributed by atoms with Gasteiger partial charge in [-0.3, -0.25) is 10.1 Å². The monoisotopic (exact) mass is 360 g/mol. The zero-order valence-corrected chi connectivity index (χ0v) is 15.5. The zero-order chi connectivity index (χ0) is 18.7. The van der Waals surface area contributed by atoms with Gasteiger partial charge in [-0.1, -0.05) is 12.8 Å². The van der Waals surface area contributed by atoms with Gasteiger partial charge in [-0.25, -0.2) is 9.18 Å². The highest BCUT2D eigenvalue weighted by atomic mass is 19.1. The van der Waals surface area contributed by atoms with Crippen molar-refractivity contribution in [3.63, 3.8) is 0 Å². The van der Waals surface area contributed by atoms with Gasteiger partial charge in [-0.2, -0.15) is 0 Å². The first-order valence-electron chi connectivity index (χ1n) is 9.39. The summed E-state index contributed by atoms with van der Waals surface area (Å²) in [6, 6.07) is 3.26. The first-order valence-corrected chi connectivity index (χ1v) is 9.39. The lowest BCUT2D eigenvalue weighted by atomic mass is 9.80. The molecule has 4 rings (SSSR count). The highest BCUT2D eigenvalue weighted by molar-refractivity contribution is 6.09. The second kappa shape index (κ2) is 5.69. The quantitative estimate of drug-likeness (QED) is 0.845. The summed E-state index contributed by atoms with van der Waals surface area (Å²) < 4.78 is 19.9. The minimum atomic E-state index is -0.694. The number of carbonyl (C=O) groups excluding carboxylic acids is 2. The van der Waals surface area contributed by atoms with Crippen LogP contribution in [-0.4, -0.2) is 23.6 Å². The Morgan fingerprint density at radius 1 is 1.27 bits per heavy atom. The van der Waals surface area contributed by atoms with Crippen LogP contribution in [0.3, 0.4) is 0 Å². The van der Waals surface area contributed by atoms with Crippen LogP contribution in [0.4, 0.5) is 20.6 Å². The van der Waals surface area contributed by atoms with Crippen molar-refractivity contribution in [3.8, 4) is 0 Å². The molecule has 0 unspecified atom stereocenters. The summed E-state index contributed by atoms with van der Waals surface area (Å²) in [6.45, 7) is 5.27. The van der Waals surface area contributed by atoms with E-state index in [-0.39, 0.29) is 17.6 Å². The molecule has 1 N–H and O–H groups in total. The fourth-order valence-electron chi connectivity index (χ4n) is 4.27. The molecule has 2 amide bonds. The number of nitrogens with one attached hydrogen (secondary N) is 1. The molecule has 1 aromatic rings. The molecular weight excluding hydrogens is 335 g/mol. The SMILES string of the molecule is CC(C)(C)OC(=O)Nc1cc2c(cc1F)N(C1CC1)C(=O)C21CCCC1. The molecule has 3 aliphatic rings. The van der Waals surface area contributed by atoms with Gasteiger partial charge in [0.2, 0.25) is 5.91 Å². The first-order chi connectivity index (χ1) is 12.2. The minimum absolute atomic E-state index is 0.0784. The number of ether oxygens (including phenoxy) is 1. The van der Waals surface area contributed by atoms with E-state index in [0.29, 0.717) is 5.69 Å². The third-order valence-corrected chi connectivity index (χ3v) is 5.49. The molecule has 0 aromatic heterocycles. The Labute approximate surface area is 152 Å². The number of amides is 2. The van der Waals surface area contributed by atoms with Crippen LogP contribution in [0.25, 0.3) is 0 Å². The Bertz CT molecular complexity index is 774. The van der Waals surface area contributed by atoms with E-state index < -0.39 is 22.9 Å². The van der Waals surface area contributed by atoms with Crippen LogP contribution in [0.5, 0.6) is 0 Å². The van der Waals surface area contributed by atoms with E-state index in [9.17, 15) is 14.0 Å². The number of rotatable bonds is 2. The lowest BCUT2D eigenvalue weighted by molar-refractivity contribution is -0.123. The van der Waals surface area contributed by atoms with Gasteiger partial charge in [-0.15, -0.1) is 0 Å². The Morgan fingerprint density at radius 3 is 2.50 bits per heavy atom. The third-order valence-electron chi connectivity index (χ3n) is 5.49. The number of fused-ring (bicyclic) bond motifs is 2. The van der Waals surface area contributed by atoms with Crippen LogP contribution in [0.1, 0.15) is 64.9 Å². The van der Waals surface area contributed by atoms with E-state index in [1.54, 1.807) is 31.7 Å². The van der Waals surface area contributed by atoms with Gasteiger partial charge in [0.25, 0.3) is 0 Å². The van der Waals surface area contributed by atoms with E-state index in [2.05, 4.69) is 5.32 Å². The highest BCUT2D eigenvalue weighted by Crippen LogP contribution is 2.54. The molecule has 2 aliphatic carbocycles. The number of hydrogen-bond acceptors (Lipinski definition) is 3. The molecule has 2 saturated carbocycles. The predicted octanol–water partition coefficient (Wildman–Crippen LogP) is 4.49. The number of carbonyl (C=O) groups is 2. The molecule has 6 heteroatoms. The van der Waals surface area contributed by atoms with E-state index in [0.717, 1.165) is 44.1 Å². The van der Waals surface area contributed by atoms with E-state index in [1.165, 1.54) is 6.07 Å². The van der Waals surface area contributed by atoms with Crippen LogP contribution in [0.2, 0.25) is 0 Å². The number of hydrogen-bond donors (Lipinski definition) is 1. The fraction of sp³-hybridized carbons (Fsp3) is 0.600. The summed E-state index contributed by atoms with van der Waals surface area (Å²) >= 11 is 0. The Morgan fingerprint density at radius 2 is 1.92 bits per heavy atom. The molecule has 26 heavy (non-hydrogen) atoms. The maximum absolute atomic E-state index is 14.7. The molecule has 1 spiro atoms. The normalized spacial score (nSPS) is 21.2. The van der Waals surface area contributed by atoms with Crippen molar-refractivity contribution in [1.82, 2.24) is 0 Å². The van der Waals surface area contributed by atoms with Crippen LogP contribution >= 0.6 is 0 Å². The molecule has 0 bridgehead atoms. The third kappa shape index (κ3) is 2.75. The minimum Gasteiger partial charge on any atom is -0.444 e. The van der Waals surface area contributed by atoms with Crippen molar-refractivity contribution < 1.29 is 18.7 Å². The van der Waals surface area contributed by atoms with Crippen molar-refractivity contribution in [1.29, 1.82) is 0 Å². The van der Waals surface area contributed by atoms with Gasteiger partial charge in [0.1, 0.15) is 11.4 Å². The Hall–Kier alpha value is -2.11. The smallest absolute Gasteiger partial charge is 0.412 e. The Kier molecular flexibility index (Phi) is 3.79. The standard InChI is InChI=1S/C20H25FN2O3/c1-19(2,3)26-18(25)22-15-10-13-16(11-14(15)21)23(12-6-7-12)17(24)20(13)8-4-5-9-20/h10-12H,4-9H2,1-3H3,(H,22,25). The molecule has 140 valence electrons. The molecule has 0 radical (unpaired) electrons. The largest absolute Gasteiger partial charge is 0.444 e. The van der Waals surface area contributed by atoms with Crippen molar-refractivity contribution in [3.05, 3.63) is 23.5 Å². The maximum atomic E-state index is 14.7. The van der Waals surface area contributed by atoms with Gasteiger partial charge >= 0.3 is 6.09 Å². The number of benzene rings is 1. The average molecular weight is 360 g/mol. The molecular formula is C20H25FN2O3. The van der Waals surface area contributed by atoms with Gasteiger partial charge in [0.05, 0.1) is 16.8 Å². The second-order valence-corrected chi connectivity index (χ2v) is 8.67. The van der Waals surface area contributed by atoms with Gasteiger partial charge < -0.3 is 9.64 Å². The van der Waals surface area contributed by atoms with Crippen LogP contribution < -0.4 is 10.2 Å². The Balaban J connectivity index is 1.71. The van der Waals surface area contributed by atoms with Crippen LogP contribution in [0, 0.1) is 5.82 Å². The molecule has 2 fully saturated rings. The van der Waals surface area contributed by atoms with Crippen molar-refractivity contribution in [2.45, 2.75) is 76.4 Å². The summed E-state index contributed by atoms with van der Waals surface area (Å²) in [5.74, 6) is -0.426. The van der Waals surface area contributed by atoms with Crippen molar-refractivity contribution in [2.75, 3.05) is 10.2 Å². The van der Waals surface area contributed by atoms with E-state index in [1.807, 2.05) is 0 Å². The highest BCUT2D eigenvalue weighted by Gasteiger charge is 2.55.